The molecule has 0 radical (unpaired) electrons. The van der Waals surface area contributed by atoms with Gasteiger partial charge in [-0.2, -0.15) is 0 Å². The Balaban J connectivity index is 1.22. The van der Waals surface area contributed by atoms with E-state index < -0.39 is 133 Å². The molecular formula is C70H62N4OSi. The van der Waals surface area contributed by atoms with Crippen LogP contribution < -0.4 is 30.1 Å². The van der Waals surface area contributed by atoms with Crippen molar-refractivity contribution in [1.82, 2.24) is 14.1 Å². The molecule has 12 rings (SSSR count). The summed E-state index contributed by atoms with van der Waals surface area (Å²) >= 11 is 0. The molecule has 5 nitrogen and oxygen atoms in total. The van der Waals surface area contributed by atoms with Gasteiger partial charge in [-0.1, -0.05) is 205 Å². The Labute approximate surface area is 477 Å². The molecule has 0 spiro atoms. The number of ether oxygens (including phenoxy) is 1. The molecule has 12 aromatic rings. The number of nitrogens with zero attached hydrogens (tertiary/aromatic N) is 4. The van der Waals surface area contributed by atoms with Crippen molar-refractivity contribution >= 4 is 61.7 Å². The third-order valence-corrected chi connectivity index (χ3v) is 18.1. The summed E-state index contributed by atoms with van der Waals surface area (Å²) in [7, 11) is -5.86. The summed E-state index contributed by atoms with van der Waals surface area (Å²) in [6, 6.07) is 24.0. The molecule has 0 aliphatic rings. The smallest absolute Gasteiger partial charge is 0.269 e. The molecule has 3 aromatic heterocycles. The number of para-hydroxylation sites is 2. The Morgan fingerprint density at radius 1 is 0.566 bits per heavy atom. The van der Waals surface area contributed by atoms with Crippen LogP contribution in [-0.4, -0.2) is 22.2 Å². The van der Waals surface area contributed by atoms with Crippen molar-refractivity contribution < 1.29 is 38.1 Å². The molecule has 0 atom stereocenters. The topological polar surface area (TPSA) is 35.9 Å². The van der Waals surface area contributed by atoms with Crippen LogP contribution in [0.2, 0.25) is 0 Å². The van der Waals surface area contributed by atoms with Gasteiger partial charge in [0.1, 0.15) is 17.3 Å². The fourth-order valence-electron chi connectivity index (χ4n) is 10.4. The zero-order valence-electron chi connectivity index (χ0n) is 63.5. The van der Waals surface area contributed by atoms with Gasteiger partial charge < -0.3 is 4.74 Å². The second-order valence-electron chi connectivity index (χ2n) is 20.7. The van der Waals surface area contributed by atoms with Crippen molar-refractivity contribution in [3.05, 3.63) is 259 Å². The molecule has 0 bridgehead atoms. The molecule has 372 valence electrons. The summed E-state index contributed by atoms with van der Waals surface area (Å²) < 4.78 is 206. The van der Waals surface area contributed by atoms with Crippen LogP contribution in [0.3, 0.4) is 0 Å². The summed E-state index contributed by atoms with van der Waals surface area (Å²) in [5.74, 6) is 1.42. The molecule has 0 saturated heterocycles. The number of imidazole rings is 1. The van der Waals surface area contributed by atoms with E-state index >= 15 is 0 Å². The normalized spacial score (nSPS) is 16.5. The molecule has 76 heavy (non-hydrogen) atoms. The molecule has 0 unspecified atom stereocenters. The number of pyridine rings is 1. The van der Waals surface area contributed by atoms with E-state index in [-0.39, 0.29) is 49.6 Å². The minimum atomic E-state index is -5.86. The molecule has 0 aliphatic heterocycles. The Kier molecular flexibility index (Phi) is 7.51. The van der Waals surface area contributed by atoms with E-state index in [0.29, 0.717) is 28.6 Å². The van der Waals surface area contributed by atoms with E-state index in [0.717, 1.165) is 27.4 Å². The van der Waals surface area contributed by atoms with Crippen LogP contribution in [0.15, 0.2) is 230 Å². The minimum absolute atomic E-state index is 0.00768. The molecule has 9 aromatic carbocycles. The first-order valence-electron chi connectivity index (χ1n) is 35.2. The number of hydrogen-bond donors (Lipinski definition) is 0. The lowest BCUT2D eigenvalue weighted by Crippen LogP contribution is -2.76. The second kappa shape index (κ2) is 19.0. The fraction of sp³-hybridized carbons (Fsp3) is 0.143. The lowest BCUT2D eigenvalue weighted by atomic mass is 9.85. The highest BCUT2D eigenvalue weighted by Crippen LogP contribution is 2.38. The van der Waals surface area contributed by atoms with Gasteiger partial charge in [-0.05, 0) is 133 Å². The number of fused-ring (bicyclic) bond motifs is 4. The van der Waals surface area contributed by atoms with E-state index in [9.17, 15) is 16.4 Å². The number of rotatable bonds is 10. The lowest BCUT2D eigenvalue weighted by Gasteiger charge is -2.38. The maximum absolute atomic E-state index is 9.93. The first-order chi connectivity index (χ1) is 45.4. The number of aromatic nitrogens is 4. The van der Waals surface area contributed by atoms with E-state index in [4.69, 9.17) is 22.1 Å². The van der Waals surface area contributed by atoms with Crippen LogP contribution in [-0.2, 0) is 10.8 Å². The third-order valence-electron chi connectivity index (χ3n) is 13.9. The summed E-state index contributed by atoms with van der Waals surface area (Å²) in [4.78, 5) is 4.84. The Hall–Kier alpha value is -8.58. The maximum atomic E-state index is 9.93. The predicted octanol–water partition coefficient (Wildman–Crippen LogP) is 14.2. The molecule has 0 aliphatic carbocycles. The van der Waals surface area contributed by atoms with Gasteiger partial charge >= 0.3 is 0 Å². The highest BCUT2D eigenvalue weighted by molar-refractivity contribution is 7.20. The number of aryl methyl sites for hydroxylation is 2. The van der Waals surface area contributed by atoms with Crippen LogP contribution in [0, 0.1) is 20.0 Å². The first kappa shape index (κ1) is 30.1. The zero-order chi connectivity index (χ0) is 70.4. The average molecular weight is 1020 g/mol. The molecule has 0 N–H and O–H groups in total. The summed E-state index contributed by atoms with van der Waals surface area (Å²) in [5.41, 5.74) is 2.13. The Morgan fingerprint density at radius 3 is 1.86 bits per heavy atom. The van der Waals surface area contributed by atoms with E-state index in [1.807, 2.05) is 69.3 Å². The van der Waals surface area contributed by atoms with Gasteiger partial charge in [0.05, 0.1) is 54.0 Å². The molecule has 0 saturated carbocycles. The van der Waals surface area contributed by atoms with Gasteiger partial charge in [-0.25, -0.2) is 4.98 Å². The lowest BCUT2D eigenvalue weighted by molar-refractivity contribution is -0.572. The molecule has 6 heteroatoms. The van der Waals surface area contributed by atoms with Crippen molar-refractivity contribution in [1.29, 1.82) is 0 Å². The van der Waals surface area contributed by atoms with Gasteiger partial charge in [0.15, 0.2) is 8.07 Å². The monoisotopic (exact) mass is 1020 g/mol. The zero-order valence-corrected chi connectivity index (χ0v) is 43.5. The summed E-state index contributed by atoms with van der Waals surface area (Å²) in [5, 5.41) is -0.372. The molecule has 0 fully saturated rings. The van der Waals surface area contributed by atoms with Gasteiger partial charge in [0.2, 0.25) is 0 Å². The van der Waals surface area contributed by atoms with Crippen LogP contribution in [0.1, 0.15) is 92.6 Å². The van der Waals surface area contributed by atoms with Crippen LogP contribution in [0.25, 0.3) is 61.2 Å². The van der Waals surface area contributed by atoms with Gasteiger partial charge in [0.25, 0.3) is 6.33 Å². The maximum Gasteiger partial charge on any atom is 0.269 e. The van der Waals surface area contributed by atoms with Crippen molar-refractivity contribution in [2.75, 3.05) is 0 Å². The highest BCUT2D eigenvalue weighted by Gasteiger charge is 2.44. The van der Waals surface area contributed by atoms with Crippen molar-refractivity contribution in [3.63, 3.8) is 0 Å². The van der Waals surface area contributed by atoms with Crippen molar-refractivity contribution in [2.45, 2.75) is 66.1 Å². The van der Waals surface area contributed by atoms with Crippen molar-refractivity contribution in [3.8, 4) is 39.8 Å². The third kappa shape index (κ3) is 8.34. The van der Waals surface area contributed by atoms with Gasteiger partial charge in [-0.3, -0.25) is 13.7 Å². The van der Waals surface area contributed by atoms with Crippen LogP contribution >= 0.6 is 0 Å². The Morgan fingerprint density at radius 2 is 1.20 bits per heavy atom. The minimum Gasteiger partial charge on any atom is -0.458 e. The molecule has 3 heterocycles. The summed E-state index contributed by atoms with van der Waals surface area (Å²) in [6.07, 6.45) is 5.29. The highest BCUT2D eigenvalue weighted by atomic mass is 28.3. The number of benzene rings is 9. The molecule has 0 amide bonds. The average Bonchev–Trinajstić information content (AvgIpc) is 1.46. The molecular weight excluding hydrogens is 941 g/mol. The largest absolute Gasteiger partial charge is 0.458 e. The van der Waals surface area contributed by atoms with E-state index in [2.05, 4.69) is 37.7 Å². The van der Waals surface area contributed by atoms with Gasteiger partial charge in [-0.15, -0.1) is 0 Å². The quantitative estimate of drug-likeness (QED) is 0.0592. The van der Waals surface area contributed by atoms with E-state index in [1.165, 1.54) is 41.0 Å². The first-order valence-corrected chi connectivity index (χ1v) is 26.7. The summed E-state index contributed by atoms with van der Waals surface area (Å²) in [6.45, 7) is 6.18. The predicted molar refractivity (Wildman–Crippen MR) is 318 cm³/mol. The standard InChI is InChI=1S/C70H62N4OSi/c1-48-23-20-24-49(2)67(48)50-37-40-62-64(43-50)72(52-25-21-26-53(45-52)75-54-38-39-59-58-33-18-19-35-61(58)74(63(59)46-54)66-44-51(41-42-71-66)69(3,4)5)47-73(62)68-60(70(6,7)8)34-22-36-65(68)76(55-27-12-9-13-28-55,56-29-14-10-15-30-56)57-31-16-11-17-32-57/h9-46H,1-8H3/i1D3,2D3,9D,10D,11D,12D,13D,14D,15D,16D,17D,27D,28D,29D,30D,31D,32D. The second-order valence-corrected chi connectivity index (χ2v) is 24.2. The SMILES string of the molecule is [2H]c1c([2H])c([2H])c([Si](c2cccc(C(C)(C)C)c2-[n+]2[c-]n(-c3cccc(Oc4ccc5c6ccccc6n(-c6cc(C(C)(C)C)ccn6)c5c4)c3)c3cc(-c4c(C([2H])([2H])[2H])cccc4C([2H])([2H])[2H])ccc32)(c2c([2H])c([2H])c([2H])c([2H])c2[2H])c2c([2H])c([2H])c([2H])c([2H])c2[2H])c([2H])c1[2H]. The van der Waals surface area contributed by atoms with E-state index in [1.54, 1.807) is 53.2 Å². The van der Waals surface area contributed by atoms with Crippen LogP contribution in [0.4, 0.5) is 0 Å². The van der Waals surface area contributed by atoms with Crippen molar-refractivity contribution in [2.24, 2.45) is 0 Å². The van der Waals surface area contributed by atoms with Gasteiger partial charge in [0, 0.05) is 31.3 Å². The fourth-order valence-corrected chi connectivity index (χ4v) is 14.4. The Bertz CT molecular complexity index is 5010. The number of hydrogen-bond acceptors (Lipinski definition) is 2. The van der Waals surface area contributed by atoms with Crippen LogP contribution in [0.5, 0.6) is 11.5 Å².